The molecule has 2 heterocycles. The first-order chi connectivity index (χ1) is 13.5. The van der Waals surface area contributed by atoms with Crippen molar-refractivity contribution in [1.29, 1.82) is 0 Å². The second kappa shape index (κ2) is 8.06. The van der Waals surface area contributed by atoms with Crippen LogP contribution in [-0.4, -0.2) is 52.7 Å². The van der Waals surface area contributed by atoms with E-state index >= 15 is 0 Å². The predicted octanol–water partition coefficient (Wildman–Crippen LogP) is 4.41. The summed E-state index contributed by atoms with van der Waals surface area (Å²) in [5, 5.41) is 0. The van der Waals surface area contributed by atoms with Crippen LogP contribution in [0.3, 0.4) is 0 Å². The monoisotopic (exact) mass is 411 g/mol. The normalized spacial score (nSPS) is 16.1. The van der Waals surface area contributed by atoms with Gasteiger partial charge in [-0.05, 0) is 45.0 Å². The number of rotatable bonds is 3. The Kier molecular flexibility index (Phi) is 5.88. The Balaban J connectivity index is 1.54. The molecule has 2 aromatic rings. The summed E-state index contributed by atoms with van der Waals surface area (Å²) >= 11 is 0. The van der Waals surface area contributed by atoms with Crippen LogP contribution in [0.2, 0.25) is 0 Å². The third kappa shape index (κ3) is 5.72. The van der Waals surface area contributed by atoms with E-state index in [2.05, 4.69) is 9.88 Å². The number of carbonyl (C=O) groups is 1. The zero-order chi connectivity index (χ0) is 21.2. The van der Waals surface area contributed by atoms with Crippen LogP contribution in [0.1, 0.15) is 32.0 Å². The Hall–Kier alpha value is -2.55. The number of hydrogen-bond donors (Lipinski definition) is 0. The molecule has 1 aliphatic rings. The number of aromatic nitrogens is 1. The van der Waals surface area contributed by atoms with Gasteiger partial charge in [0.05, 0.1) is 11.3 Å². The summed E-state index contributed by atoms with van der Waals surface area (Å²) in [4.78, 5) is 20.3. The number of benzene rings is 1. The Bertz CT molecular complexity index is 833. The van der Waals surface area contributed by atoms with Gasteiger partial charge in [0.15, 0.2) is 0 Å². The number of nitrogens with zero attached hydrogens (tertiary/aromatic N) is 3. The van der Waals surface area contributed by atoms with E-state index < -0.39 is 17.3 Å². The standard InChI is InChI=1S/C20H24F3N3O3/c1-19(2,3)29-18(27)26-10-8-25(9-11-26)12-16-13-28-17(24-16)14-4-6-15(7-5-14)20(21,22)23/h4-7,13H,8-12H2,1-3H3. The lowest BCUT2D eigenvalue weighted by Gasteiger charge is -2.35. The third-order valence-corrected chi connectivity index (χ3v) is 4.42. The molecule has 1 saturated heterocycles. The highest BCUT2D eigenvalue weighted by molar-refractivity contribution is 5.68. The van der Waals surface area contributed by atoms with Gasteiger partial charge < -0.3 is 14.1 Å². The Morgan fingerprint density at radius 1 is 1.10 bits per heavy atom. The maximum absolute atomic E-state index is 12.7. The van der Waals surface area contributed by atoms with E-state index in [0.29, 0.717) is 44.0 Å². The fraction of sp³-hybridized carbons (Fsp3) is 0.500. The molecule has 0 N–H and O–H groups in total. The van der Waals surface area contributed by atoms with E-state index in [4.69, 9.17) is 9.15 Å². The minimum absolute atomic E-state index is 0.279. The van der Waals surface area contributed by atoms with Gasteiger partial charge >= 0.3 is 12.3 Å². The lowest BCUT2D eigenvalue weighted by Crippen LogP contribution is -2.49. The Morgan fingerprint density at radius 2 is 1.72 bits per heavy atom. The van der Waals surface area contributed by atoms with Crippen LogP contribution in [-0.2, 0) is 17.5 Å². The largest absolute Gasteiger partial charge is 0.444 e. The zero-order valence-electron chi connectivity index (χ0n) is 16.6. The van der Waals surface area contributed by atoms with Crippen molar-refractivity contribution in [2.75, 3.05) is 26.2 Å². The number of hydrogen-bond acceptors (Lipinski definition) is 5. The van der Waals surface area contributed by atoms with Crippen molar-refractivity contribution >= 4 is 6.09 Å². The molecule has 158 valence electrons. The summed E-state index contributed by atoms with van der Waals surface area (Å²) in [6.07, 6.45) is -3.18. The smallest absolute Gasteiger partial charge is 0.416 e. The third-order valence-electron chi connectivity index (χ3n) is 4.42. The minimum atomic E-state index is -4.37. The number of amides is 1. The first-order valence-electron chi connectivity index (χ1n) is 9.33. The van der Waals surface area contributed by atoms with Gasteiger partial charge in [-0.25, -0.2) is 9.78 Å². The van der Waals surface area contributed by atoms with Gasteiger partial charge in [0.1, 0.15) is 11.9 Å². The topological polar surface area (TPSA) is 58.8 Å². The molecule has 1 aromatic heterocycles. The van der Waals surface area contributed by atoms with Crippen molar-refractivity contribution in [2.24, 2.45) is 0 Å². The molecule has 0 aliphatic carbocycles. The van der Waals surface area contributed by atoms with E-state index in [-0.39, 0.29) is 12.0 Å². The summed E-state index contributed by atoms with van der Waals surface area (Å²) in [5.74, 6) is 0.279. The molecule has 1 aromatic carbocycles. The van der Waals surface area contributed by atoms with Crippen LogP contribution in [0, 0.1) is 0 Å². The number of piperazine rings is 1. The lowest BCUT2D eigenvalue weighted by atomic mass is 10.1. The molecule has 0 unspecified atom stereocenters. The molecular weight excluding hydrogens is 387 g/mol. The van der Waals surface area contributed by atoms with Crippen LogP contribution < -0.4 is 0 Å². The lowest BCUT2D eigenvalue weighted by molar-refractivity contribution is -0.137. The van der Waals surface area contributed by atoms with Crippen molar-refractivity contribution in [1.82, 2.24) is 14.8 Å². The first-order valence-corrected chi connectivity index (χ1v) is 9.33. The van der Waals surface area contributed by atoms with Crippen molar-refractivity contribution in [3.05, 3.63) is 41.8 Å². The number of oxazole rings is 1. The maximum Gasteiger partial charge on any atom is 0.416 e. The molecule has 0 saturated carbocycles. The molecule has 1 amide bonds. The zero-order valence-corrected chi connectivity index (χ0v) is 16.6. The molecule has 0 bridgehead atoms. The van der Waals surface area contributed by atoms with Crippen LogP contribution in [0.4, 0.5) is 18.0 Å². The summed E-state index contributed by atoms with van der Waals surface area (Å²) in [6.45, 7) is 8.48. The molecule has 0 radical (unpaired) electrons. The maximum atomic E-state index is 12.7. The number of alkyl halides is 3. The summed E-state index contributed by atoms with van der Waals surface area (Å²) in [7, 11) is 0. The molecule has 9 heteroatoms. The summed E-state index contributed by atoms with van der Waals surface area (Å²) < 4.78 is 48.8. The van der Waals surface area contributed by atoms with Crippen LogP contribution in [0.25, 0.3) is 11.5 Å². The molecule has 0 atom stereocenters. The predicted molar refractivity (Wildman–Crippen MR) is 100 cm³/mol. The molecule has 1 fully saturated rings. The van der Waals surface area contributed by atoms with Crippen molar-refractivity contribution in [2.45, 2.75) is 39.1 Å². The molecule has 6 nitrogen and oxygen atoms in total. The first kappa shape index (κ1) is 21.2. The highest BCUT2D eigenvalue weighted by Crippen LogP contribution is 2.30. The average Bonchev–Trinajstić information content (AvgIpc) is 3.09. The fourth-order valence-electron chi connectivity index (χ4n) is 2.96. The van der Waals surface area contributed by atoms with Gasteiger partial charge in [-0.1, -0.05) is 0 Å². The van der Waals surface area contributed by atoms with E-state index in [0.717, 1.165) is 12.1 Å². The summed E-state index contributed by atoms with van der Waals surface area (Å²) in [6, 6.07) is 4.71. The summed E-state index contributed by atoms with van der Waals surface area (Å²) in [5.41, 5.74) is -0.0654. The number of carbonyl (C=O) groups excluding carboxylic acids is 1. The van der Waals surface area contributed by atoms with E-state index in [1.165, 1.54) is 18.4 Å². The molecule has 29 heavy (non-hydrogen) atoms. The van der Waals surface area contributed by atoms with Crippen molar-refractivity contribution < 1.29 is 27.1 Å². The SMILES string of the molecule is CC(C)(C)OC(=O)N1CCN(Cc2coc(-c3ccc(C(F)(F)F)cc3)n2)CC1. The van der Waals surface area contributed by atoms with Gasteiger partial charge in [-0.15, -0.1) is 0 Å². The number of halogens is 3. The van der Waals surface area contributed by atoms with E-state index in [9.17, 15) is 18.0 Å². The van der Waals surface area contributed by atoms with Gasteiger partial charge in [0, 0.05) is 38.3 Å². The highest BCUT2D eigenvalue weighted by atomic mass is 19.4. The van der Waals surface area contributed by atoms with E-state index in [1.54, 1.807) is 4.90 Å². The van der Waals surface area contributed by atoms with Crippen LogP contribution in [0.5, 0.6) is 0 Å². The number of ether oxygens (including phenoxy) is 1. The molecule has 3 rings (SSSR count). The Morgan fingerprint density at radius 3 is 2.28 bits per heavy atom. The van der Waals surface area contributed by atoms with Gasteiger partial charge in [-0.3, -0.25) is 4.90 Å². The van der Waals surface area contributed by atoms with Gasteiger partial charge in [0.25, 0.3) is 0 Å². The molecule has 0 spiro atoms. The second-order valence-corrected chi connectivity index (χ2v) is 7.96. The Labute approximate surface area is 167 Å². The average molecular weight is 411 g/mol. The molecular formula is C20H24F3N3O3. The minimum Gasteiger partial charge on any atom is -0.444 e. The van der Waals surface area contributed by atoms with Crippen molar-refractivity contribution in [3.8, 4) is 11.5 Å². The second-order valence-electron chi connectivity index (χ2n) is 7.96. The fourth-order valence-corrected chi connectivity index (χ4v) is 2.96. The van der Waals surface area contributed by atoms with E-state index in [1.807, 2.05) is 20.8 Å². The molecule has 1 aliphatic heterocycles. The highest BCUT2D eigenvalue weighted by Gasteiger charge is 2.30. The van der Waals surface area contributed by atoms with Crippen LogP contribution >= 0.6 is 0 Å². The van der Waals surface area contributed by atoms with Crippen LogP contribution in [0.15, 0.2) is 34.9 Å². The van der Waals surface area contributed by atoms with Gasteiger partial charge in [0.2, 0.25) is 5.89 Å². The quantitative estimate of drug-likeness (QED) is 0.749. The van der Waals surface area contributed by atoms with Gasteiger partial charge in [-0.2, -0.15) is 13.2 Å². The van der Waals surface area contributed by atoms with Crippen molar-refractivity contribution in [3.63, 3.8) is 0 Å².